The van der Waals surface area contributed by atoms with Gasteiger partial charge in [-0.25, -0.2) is 4.39 Å². The number of nitrogens with one attached hydrogen (secondary N) is 2. The first-order valence-corrected chi connectivity index (χ1v) is 6.93. The van der Waals surface area contributed by atoms with Crippen molar-refractivity contribution in [2.75, 3.05) is 13.1 Å². The summed E-state index contributed by atoms with van der Waals surface area (Å²) in [5.74, 6) is -0.206. The first kappa shape index (κ1) is 13.0. The van der Waals surface area contributed by atoms with E-state index in [4.69, 9.17) is 0 Å². The van der Waals surface area contributed by atoms with E-state index in [1.165, 1.54) is 18.9 Å². The second-order valence-electron chi connectivity index (χ2n) is 4.51. The fraction of sp³-hybridized carbons (Fsp3) is 0.538. The van der Waals surface area contributed by atoms with Crippen LogP contribution in [0.5, 0.6) is 0 Å². The molecule has 0 radical (unpaired) electrons. The highest BCUT2D eigenvalue weighted by atomic mass is 79.9. The van der Waals surface area contributed by atoms with E-state index in [0.29, 0.717) is 4.47 Å². The predicted molar refractivity (Wildman–Crippen MR) is 71.4 cm³/mol. The van der Waals surface area contributed by atoms with E-state index in [1.54, 1.807) is 0 Å². The van der Waals surface area contributed by atoms with Gasteiger partial charge in [0.1, 0.15) is 5.82 Å². The van der Waals surface area contributed by atoms with Gasteiger partial charge < -0.3 is 10.6 Å². The smallest absolute Gasteiger partial charge is 0.137 e. The van der Waals surface area contributed by atoms with Crippen molar-refractivity contribution in [3.63, 3.8) is 0 Å². The van der Waals surface area contributed by atoms with E-state index in [2.05, 4.69) is 26.6 Å². The summed E-state index contributed by atoms with van der Waals surface area (Å²) in [5.41, 5.74) is 1.11. The van der Waals surface area contributed by atoms with E-state index in [-0.39, 0.29) is 5.82 Å². The van der Waals surface area contributed by atoms with Crippen LogP contribution in [0.15, 0.2) is 22.7 Å². The summed E-state index contributed by atoms with van der Waals surface area (Å²) in [5, 5.41) is 6.83. The van der Waals surface area contributed by atoms with E-state index < -0.39 is 0 Å². The SMILES string of the molecule is Fc1ccc(CNCCCNC2CC2)cc1Br. The van der Waals surface area contributed by atoms with E-state index in [1.807, 2.05) is 12.1 Å². The minimum absolute atomic E-state index is 0.206. The number of rotatable bonds is 7. The van der Waals surface area contributed by atoms with Crippen LogP contribution in [0.4, 0.5) is 4.39 Å². The van der Waals surface area contributed by atoms with Crippen LogP contribution in [0, 0.1) is 5.82 Å². The van der Waals surface area contributed by atoms with Crippen LogP contribution in [0.1, 0.15) is 24.8 Å². The monoisotopic (exact) mass is 300 g/mol. The molecule has 0 saturated heterocycles. The average molecular weight is 301 g/mol. The molecule has 0 aromatic heterocycles. The average Bonchev–Trinajstić information content (AvgIpc) is 3.12. The molecule has 1 fully saturated rings. The van der Waals surface area contributed by atoms with Gasteiger partial charge in [-0.15, -0.1) is 0 Å². The zero-order valence-corrected chi connectivity index (χ0v) is 11.4. The molecule has 0 spiro atoms. The number of hydrogen-bond acceptors (Lipinski definition) is 2. The lowest BCUT2D eigenvalue weighted by Crippen LogP contribution is -2.23. The fourth-order valence-electron chi connectivity index (χ4n) is 1.69. The lowest BCUT2D eigenvalue weighted by molar-refractivity contribution is 0.591. The van der Waals surface area contributed by atoms with Crippen molar-refractivity contribution < 1.29 is 4.39 Å². The van der Waals surface area contributed by atoms with Gasteiger partial charge >= 0.3 is 0 Å². The maximum Gasteiger partial charge on any atom is 0.137 e. The molecule has 2 nitrogen and oxygen atoms in total. The molecule has 0 amide bonds. The highest BCUT2D eigenvalue weighted by molar-refractivity contribution is 9.10. The Bertz CT molecular complexity index is 366. The first-order chi connectivity index (χ1) is 8.25. The Morgan fingerprint density at radius 3 is 2.82 bits per heavy atom. The summed E-state index contributed by atoms with van der Waals surface area (Å²) in [6, 6.07) is 5.93. The molecule has 2 N–H and O–H groups in total. The highest BCUT2D eigenvalue weighted by Gasteiger charge is 2.19. The number of benzene rings is 1. The van der Waals surface area contributed by atoms with Crippen LogP contribution in [-0.2, 0) is 6.54 Å². The molecule has 0 heterocycles. The van der Waals surface area contributed by atoms with Gasteiger partial charge in [0.25, 0.3) is 0 Å². The molecule has 1 aromatic carbocycles. The van der Waals surface area contributed by atoms with Crippen molar-refractivity contribution >= 4 is 15.9 Å². The van der Waals surface area contributed by atoms with Gasteiger partial charge in [0.05, 0.1) is 4.47 Å². The third-order valence-corrected chi connectivity index (χ3v) is 3.46. The molecule has 1 saturated carbocycles. The molecule has 0 aliphatic heterocycles. The molecule has 17 heavy (non-hydrogen) atoms. The molecule has 2 rings (SSSR count). The molecule has 0 atom stereocenters. The van der Waals surface area contributed by atoms with E-state index >= 15 is 0 Å². The van der Waals surface area contributed by atoms with Crippen LogP contribution in [0.3, 0.4) is 0 Å². The summed E-state index contributed by atoms with van der Waals surface area (Å²) < 4.78 is 13.5. The van der Waals surface area contributed by atoms with Crippen LogP contribution in [0.2, 0.25) is 0 Å². The minimum Gasteiger partial charge on any atom is -0.314 e. The largest absolute Gasteiger partial charge is 0.314 e. The van der Waals surface area contributed by atoms with E-state index in [9.17, 15) is 4.39 Å². The summed E-state index contributed by atoms with van der Waals surface area (Å²) >= 11 is 3.19. The van der Waals surface area contributed by atoms with Crippen LogP contribution in [0.25, 0.3) is 0 Å². The number of hydrogen-bond donors (Lipinski definition) is 2. The summed E-state index contributed by atoms with van der Waals surface area (Å²) in [7, 11) is 0. The van der Waals surface area contributed by atoms with Crippen molar-refractivity contribution in [3.8, 4) is 0 Å². The molecule has 1 aliphatic carbocycles. The Hall–Kier alpha value is -0.450. The van der Waals surface area contributed by atoms with Gasteiger partial charge in [0.2, 0.25) is 0 Å². The molecule has 0 unspecified atom stereocenters. The molecule has 0 bridgehead atoms. The van der Waals surface area contributed by atoms with E-state index in [0.717, 1.165) is 37.7 Å². The zero-order valence-electron chi connectivity index (χ0n) is 9.81. The minimum atomic E-state index is -0.206. The van der Waals surface area contributed by atoms with Crippen LogP contribution >= 0.6 is 15.9 Å². The lowest BCUT2D eigenvalue weighted by Gasteiger charge is -2.06. The lowest BCUT2D eigenvalue weighted by atomic mass is 10.2. The van der Waals surface area contributed by atoms with Crippen molar-refractivity contribution in [2.24, 2.45) is 0 Å². The van der Waals surface area contributed by atoms with Gasteiger partial charge in [-0.1, -0.05) is 6.07 Å². The van der Waals surface area contributed by atoms with Crippen LogP contribution in [-0.4, -0.2) is 19.1 Å². The molecule has 94 valence electrons. The Morgan fingerprint density at radius 1 is 1.29 bits per heavy atom. The Kier molecular flexibility index (Phi) is 4.95. The second-order valence-corrected chi connectivity index (χ2v) is 5.36. The van der Waals surface area contributed by atoms with Gasteiger partial charge in [-0.05, 0) is 66.0 Å². The van der Waals surface area contributed by atoms with Crippen molar-refractivity contribution in [1.29, 1.82) is 0 Å². The van der Waals surface area contributed by atoms with Gasteiger partial charge in [-0.2, -0.15) is 0 Å². The predicted octanol–water partition coefficient (Wildman–Crippen LogP) is 2.82. The third kappa shape index (κ3) is 4.74. The first-order valence-electron chi connectivity index (χ1n) is 6.14. The highest BCUT2D eigenvalue weighted by Crippen LogP contribution is 2.18. The topological polar surface area (TPSA) is 24.1 Å². The quantitative estimate of drug-likeness (QED) is 0.757. The van der Waals surface area contributed by atoms with Crippen molar-refractivity contribution in [3.05, 3.63) is 34.1 Å². The Balaban J connectivity index is 1.58. The molecular formula is C13H18BrFN2. The summed E-state index contributed by atoms with van der Waals surface area (Å²) in [6.07, 6.45) is 3.83. The second kappa shape index (κ2) is 6.47. The fourth-order valence-corrected chi connectivity index (χ4v) is 2.12. The Morgan fingerprint density at radius 2 is 2.12 bits per heavy atom. The summed E-state index contributed by atoms with van der Waals surface area (Å²) in [6.45, 7) is 2.88. The van der Waals surface area contributed by atoms with Crippen molar-refractivity contribution in [1.82, 2.24) is 10.6 Å². The normalized spacial score (nSPS) is 15.2. The maximum absolute atomic E-state index is 13.0. The molecule has 1 aliphatic rings. The van der Waals surface area contributed by atoms with Gasteiger partial charge in [0.15, 0.2) is 0 Å². The van der Waals surface area contributed by atoms with Crippen molar-refractivity contribution in [2.45, 2.75) is 31.8 Å². The van der Waals surface area contributed by atoms with Gasteiger partial charge in [-0.3, -0.25) is 0 Å². The molecular weight excluding hydrogens is 283 g/mol. The third-order valence-electron chi connectivity index (χ3n) is 2.85. The molecule has 4 heteroatoms. The zero-order chi connectivity index (χ0) is 12.1. The maximum atomic E-state index is 13.0. The Labute approximate surface area is 110 Å². The molecule has 1 aromatic rings. The summed E-state index contributed by atoms with van der Waals surface area (Å²) in [4.78, 5) is 0. The standard InChI is InChI=1S/C13H18BrFN2/c14-12-8-10(2-5-13(12)15)9-16-6-1-7-17-11-3-4-11/h2,5,8,11,16-17H,1,3-4,6-7,9H2. The van der Waals surface area contributed by atoms with Crippen LogP contribution < -0.4 is 10.6 Å². The van der Waals surface area contributed by atoms with Gasteiger partial charge in [0, 0.05) is 12.6 Å². The number of halogens is 2.